The lowest BCUT2D eigenvalue weighted by Crippen LogP contribution is -2.17. The molecular weight excluding hydrogens is 428 g/mol. The van der Waals surface area contributed by atoms with Crippen LogP contribution in [0.15, 0.2) is 71.6 Å². The number of hydrogen-bond acceptors (Lipinski definition) is 5. The van der Waals surface area contributed by atoms with Crippen molar-refractivity contribution in [2.45, 2.75) is 11.3 Å². The van der Waals surface area contributed by atoms with E-state index in [4.69, 9.17) is 26.2 Å². The van der Waals surface area contributed by atoms with Crippen LogP contribution in [0.1, 0.15) is 5.56 Å². The molecular formula is C21H19ClN2O5S. The SMILES string of the molecule is COc1ccc(CC(=O)Nc2ccc(Oc3ccc(Cl)cc3)c(S(N)(=O)=O)c2)cc1. The molecule has 3 aromatic carbocycles. The van der Waals surface area contributed by atoms with Gasteiger partial charge in [0.25, 0.3) is 0 Å². The van der Waals surface area contributed by atoms with Crippen LogP contribution in [0.4, 0.5) is 5.69 Å². The van der Waals surface area contributed by atoms with E-state index >= 15 is 0 Å². The molecule has 0 aliphatic heterocycles. The zero-order valence-electron chi connectivity index (χ0n) is 16.0. The second-order valence-electron chi connectivity index (χ2n) is 6.34. The topological polar surface area (TPSA) is 108 Å². The molecule has 0 saturated carbocycles. The maximum absolute atomic E-state index is 12.3. The molecule has 9 heteroatoms. The van der Waals surface area contributed by atoms with Crippen LogP contribution in [0, 0.1) is 0 Å². The fraction of sp³-hybridized carbons (Fsp3) is 0.0952. The Morgan fingerprint density at radius 3 is 2.23 bits per heavy atom. The van der Waals surface area contributed by atoms with Gasteiger partial charge >= 0.3 is 0 Å². The average Bonchev–Trinajstić information content (AvgIpc) is 2.70. The summed E-state index contributed by atoms with van der Waals surface area (Å²) in [6, 6.07) is 17.7. The maximum atomic E-state index is 12.3. The number of hydrogen-bond donors (Lipinski definition) is 2. The molecule has 3 rings (SSSR count). The molecule has 0 fully saturated rings. The molecule has 3 aromatic rings. The van der Waals surface area contributed by atoms with E-state index < -0.39 is 10.0 Å². The number of nitrogens with one attached hydrogen (secondary N) is 1. The summed E-state index contributed by atoms with van der Waals surface area (Å²) in [6.45, 7) is 0. The molecule has 30 heavy (non-hydrogen) atoms. The standard InChI is InChI=1S/C21H19ClN2O5S/c1-28-17-7-2-14(3-8-17)12-21(25)24-16-6-11-19(20(13-16)30(23,26)27)29-18-9-4-15(22)5-10-18/h2-11,13H,12H2,1H3,(H,24,25)(H2,23,26,27). The number of ether oxygens (including phenoxy) is 2. The molecule has 3 N–H and O–H groups in total. The first-order valence-electron chi connectivity index (χ1n) is 8.77. The first-order chi connectivity index (χ1) is 14.2. The maximum Gasteiger partial charge on any atom is 0.241 e. The van der Waals surface area contributed by atoms with Gasteiger partial charge in [-0.25, -0.2) is 13.6 Å². The van der Waals surface area contributed by atoms with Crippen LogP contribution < -0.4 is 19.9 Å². The largest absolute Gasteiger partial charge is 0.497 e. The van der Waals surface area contributed by atoms with Crippen molar-refractivity contribution in [2.75, 3.05) is 12.4 Å². The van der Waals surface area contributed by atoms with Crippen LogP contribution in [-0.2, 0) is 21.2 Å². The molecule has 0 unspecified atom stereocenters. The van der Waals surface area contributed by atoms with Crippen LogP contribution in [0.3, 0.4) is 0 Å². The van der Waals surface area contributed by atoms with E-state index in [2.05, 4.69) is 5.32 Å². The monoisotopic (exact) mass is 446 g/mol. The molecule has 7 nitrogen and oxygen atoms in total. The highest BCUT2D eigenvalue weighted by atomic mass is 35.5. The average molecular weight is 447 g/mol. The predicted molar refractivity (Wildman–Crippen MR) is 115 cm³/mol. The van der Waals surface area contributed by atoms with Crippen molar-refractivity contribution in [3.05, 3.63) is 77.3 Å². The van der Waals surface area contributed by atoms with E-state index in [1.165, 1.54) is 18.2 Å². The highest BCUT2D eigenvalue weighted by Crippen LogP contribution is 2.31. The van der Waals surface area contributed by atoms with Gasteiger partial charge in [0, 0.05) is 10.7 Å². The van der Waals surface area contributed by atoms with Crippen molar-refractivity contribution in [3.63, 3.8) is 0 Å². The number of methoxy groups -OCH3 is 1. The van der Waals surface area contributed by atoms with Crippen LogP contribution in [-0.4, -0.2) is 21.4 Å². The molecule has 0 aromatic heterocycles. The van der Waals surface area contributed by atoms with Crippen LogP contribution in [0.5, 0.6) is 17.2 Å². The smallest absolute Gasteiger partial charge is 0.241 e. The number of sulfonamides is 1. The number of benzene rings is 3. The Bertz CT molecular complexity index is 1150. The van der Waals surface area contributed by atoms with E-state index in [1.54, 1.807) is 55.6 Å². The van der Waals surface area contributed by atoms with Gasteiger partial charge < -0.3 is 14.8 Å². The van der Waals surface area contributed by atoms with E-state index in [0.29, 0.717) is 16.5 Å². The second kappa shape index (κ2) is 9.17. The zero-order valence-corrected chi connectivity index (χ0v) is 17.5. The third kappa shape index (κ3) is 5.73. The summed E-state index contributed by atoms with van der Waals surface area (Å²) in [5, 5.41) is 8.52. The van der Waals surface area contributed by atoms with Crippen LogP contribution in [0.2, 0.25) is 5.02 Å². The van der Waals surface area contributed by atoms with Crippen molar-refractivity contribution in [2.24, 2.45) is 5.14 Å². The Kier molecular flexibility index (Phi) is 6.61. The summed E-state index contributed by atoms with van der Waals surface area (Å²) in [4.78, 5) is 12.1. The van der Waals surface area contributed by atoms with Crippen molar-refractivity contribution >= 4 is 33.2 Å². The quantitative estimate of drug-likeness (QED) is 0.571. The zero-order chi connectivity index (χ0) is 21.7. The van der Waals surface area contributed by atoms with Gasteiger partial charge in [0.2, 0.25) is 15.9 Å². The Morgan fingerprint density at radius 2 is 1.63 bits per heavy atom. The normalized spacial score (nSPS) is 11.0. The third-order valence-electron chi connectivity index (χ3n) is 4.10. The number of amides is 1. The number of primary sulfonamides is 1. The number of rotatable bonds is 7. The Balaban J connectivity index is 1.78. The summed E-state index contributed by atoms with van der Waals surface area (Å²) in [7, 11) is -2.54. The van der Waals surface area contributed by atoms with E-state index in [9.17, 15) is 13.2 Å². The molecule has 0 bridgehead atoms. The number of carbonyl (C=O) groups excluding carboxylic acids is 1. The fourth-order valence-corrected chi connectivity index (χ4v) is 3.46. The summed E-state index contributed by atoms with van der Waals surface area (Å²) in [5.74, 6) is 0.800. The molecule has 0 radical (unpaired) electrons. The van der Waals surface area contributed by atoms with Gasteiger partial charge in [-0.15, -0.1) is 0 Å². The highest BCUT2D eigenvalue weighted by Gasteiger charge is 2.18. The molecule has 0 atom stereocenters. The number of carbonyl (C=O) groups is 1. The second-order valence-corrected chi connectivity index (χ2v) is 8.30. The van der Waals surface area contributed by atoms with Crippen molar-refractivity contribution < 1.29 is 22.7 Å². The van der Waals surface area contributed by atoms with Gasteiger partial charge in [-0.2, -0.15) is 0 Å². The van der Waals surface area contributed by atoms with Gasteiger partial charge in [-0.05, 0) is 60.2 Å². The molecule has 0 spiro atoms. The minimum Gasteiger partial charge on any atom is -0.497 e. The van der Waals surface area contributed by atoms with Gasteiger partial charge in [-0.3, -0.25) is 4.79 Å². The van der Waals surface area contributed by atoms with Gasteiger partial charge in [-0.1, -0.05) is 23.7 Å². The van der Waals surface area contributed by atoms with E-state index in [-0.39, 0.29) is 28.7 Å². The summed E-state index contributed by atoms with van der Waals surface area (Å²) in [6.07, 6.45) is 0.109. The molecule has 0 aliphatic carbocycles. The summed E-state index contributed by atoms with van der Waals surface area (Å²) >= 11 is 5.84. The first kappa shape index (κ1) is 21.6. The lowest BCUT2D eigenvalue weighted by molar-refractivity contribution is -0.115. The molecule has 0 heterocycles. The third-order valence-corrected chi connectivity index (χ3v) is 5.28. The number of anilines is 1. The van der Waals surface area contributed by atoms with Gasteiger partial charge in [0.15, 0.2) is 0 Å². The van der Waals surface area contributed by atoms with Crippen molar-refractivity contribution in [3.8, 4) is 17.2 Å². The highest BCUT2D eigenvalue weighted by molar-refractivity contribution is 7.89. The van der Waals surface area contributed by atoms with Crippen LogP contribution in [0.25, 0.3) is 0 Å². The minimum atomic E-state index is -4.10. The molecule has 0 saturated heterocycles. The fourth-order valence-electron chi connectivity index (χ4n) is 2.66. The minimum absolute atomic E-state index is 0.0352. The van der Waals surface area contributed by atoms with Crippen molar-refractivity contribution in [1.29, 1.82) is 0 Å². The lowest BCUT2D eigenvalue weighted by atomic mass is 10.1. The Hall–Kier alpha value is -3.07. The van der Waals surface area contributed by atoms with Crippen molar-refractivity contribution in [1.82, 2.24) is 0 Å². The predicted octanol–water partition coefficient (Wildman–Crippen LogP) is 3.97. The number of nitrogens with two attached hydrogens (primary N) is 1. The van der Waals surface area contributed by atoms with E-state index in [0.717, 1.165) is 5.56 Å². The van der Waals surface area contributed by atoms with Gasteiger partial charge in [0.1, 0.15) is 22.1 Å². The Morgan fingerprint density at radius 1 is 1.00 bits per heavy atom. The number of halogens is 1. The first-order valence-corrected chi connectivity index (χ1v) is 10.7. The Labute approximate surface area is 179 Å². The summed E-state index contributed by atoms with van der Waals surface area (Å²) < 4.78 is 34.8. The molecule has 1 amide bonds. The van der Waals surface area contributed by atoms with Crippen LogP contribution >= 0.6 is 11.6 Å². The molecule has 156 valence electrons. The molecule has 0 aliphatic rings. The van der Waals surface area contributed by atoms with E-state index in [1.807, 2.05) is 0 Å². The van der Waals surface area contributed by atoms with Gasteiger partial charge in [0.05, 0.1) is 13.5 Å². The summed E-state index contributed by atoms with van der Waals surface area (Å²) in [5.41, 5.74) is 1.06. The lowest BCUT2D eigenvalue weighted by Gasteiger charge is -2.12.